The minimum atomic E-state index is -1.23. The third kappa shape index (κ3) is 4.40. The second-order valence-electron chi connectivity index (χ2n) is 10.7. The Labute approximate surface area is 236 Å². The number of nitrogens with two attached hydrogens (primary N) is 2. The molecule has 0 saturated heterocycles. The molecule has 0 spiro atoms. The molecular formula is C33H32N2O6. The van der Waals surface area contributed by atoms with Gasteiger partial charge in [0.15, 0.2) is 0 Å². The smallest absolute Gasteiger partial charge is 0.336 e. The first-order valence-electron chi connectivity index (χ1n) is 13.9. The number of hydrogen-bond acceptors (Lipinski definition) is 4. The summed E-state index contributed by atoms with van der Waals surface area (Å²) >= 11 is 0. The molecule has 8 heteroatoms. The Hall–Kier alpha value is -4.72. The minimum Gasteiger partial charge on any atom is -0.478 e. The van der Waals surface area contributed by atoms with Gasteiger partial charge >= 0.3 is 11.9 Å². The third-order valence-electron chi connectivity index (χ3n) is 8.28. The minimum absolute atomic E-state index is 0.0518. The van der Waals surface area contributed by atoms with Gasteiger partial charge in [-0.3, -0.25) is 9.59 Å². The molecule has 0 heterocycles. The summed E-state index contributed by atoms with van der Waals surface area (Å²) in [6.07, 6.45) is 5.59. The molecule has 6 N–H and O–H groups in total. The van der Waals surface area contributed by atoms with Crippen molar-refractivity contribution in [2.45, 2.75) is 58.3 Å². The number of hydrogen-bond donors (Lipinski definition) is 4. The van der Waals surface area contributed by atoms with Crippen molar-refractivity contribution in [1.29, 1.82) is 0 Å². The number of primary amides is 2. The van der Waals surface area contributed by atoms with E-state index >= 15 is 0 Å². The van der Waals surface area contributed by atoms with E-state index in [1.807, 2.05) is 0 Å². The van der Waals surface area contributed by atoms with Crippen molar-refractivity contribution in [1.82, 2.24) is 0 Å². The van der Waals surface area contributed by atoms with E-state index < -0.39 is 23.8 Å². The summed E-state index contributed by atoms with van der Waals surface area (Å²) in [4.78, 5) is 50.2. The maximum Gasteiger partial charge on any atom is 0.336 e. The van der Waals surface area contributed by atoms with E-state index in [0.29, 0.717) is 32.3 Å². The summed E-state index contributed by atoms with van der Waals surface area (Å²) in [6.45, 7) is 4.23. The molecule has 2 amide bonds. The van der Waals surface area contributed by atoms with Crippen LogP contribution in [0.3, 0.4) is 0 Å². The number of fused-ring (bicyclic) bond motifs is 2. The molecule has 0 aromatic heterocycles. The summed E-state index contributed by atoms with van der Waals surface area (Å²) in [5, 5.41) is 24.4. The predicted molar refractivity (Wildman–Crippen MR) is 160 cm³/mol. The standard InChI is InChI=1S/C33H32N2O6/c1-3-5-7-16(8-6-4-2)23-15-24(31(35)37)27-20(30(34)36)12-9-18-17-10-13-21(32(38)39)28-22(33(40)41)14-11-19(25(17)28)26(23)29(18)27/h9-16H,3-8H2,1-2H3,(H2,34,36)(H2,35,37)(H,38,39)(H,40,41). The zero-order valence-electron chi connectivity index (χ0n) is 23.0. The van der Waals surface area contributed by atoms with E-state index in [2.05, 4.69) is 13.8 Å². The second kappa shape index (κ2) is 10.7. The van der Waals surface area contributed by atoms with E-state index in [1.54, 1.807) is 30.3 Å². The lowest BCUT2D eigenvalue weighted by atomic mass is 9.78. The Morgan fingerprint density at radius 2 is 1.07 bits per heavy atom. The molecule has 0 fully saturated rings. The van der Waals surface area contributed by atoms with Crippen LogP contribution >= 0.6 is 0 Å². The van der Waals surface area contributed by atoms with E-state index in [4.69, 9.17) is 11.5 Å². The molecule has 0 atom stereocenters. The highest BCUT2D eigenvalue weighted by Gasteiger charge is 2.28. The van der Waals surface area contributed by atoms with Crippen LogP contribution in [0.15, 0.2) is 42.5 Å². The lowest BCUT2D eigenvalue weighted by Crippen LogP contribution is -2.18. The fraction of sp³-hybridized carbons (Fsp3) is 0.273. The van der Waals surface area contributed by atoms with Crippen molar-refractivity contribution >= 4 is 66.8 Å². The van der Waals surface area contributed by atoms with Gasteiger partial charge in [0.05, 0.1) is 11.1 Å². The van der Waals surface area contributed by atoms with Crippen LogP contribution < -0.4 is 11.5 Å². The fourth-order valence-corrected chi connectivity index (χ4v) is 6.46. The summed E-state index contributed by atoms with van der Waals surface area (Å²) in [7, 11) is 0. The number of aromatic carboxylic acids is 2. The highest BCUT2D eigenvalue weighted by molar-refractivity contribution is 6.38. The van der Waals surface area contributed by atoms with Gasteiger partial charge in [-0.1, -0.05) is 57.7 Å². The zero-order chi connectivity index (χ0) is 29.6. The largest absolute Gasteiger partial charge is 0.478 e. The van der Waals surface area contributed by atoms with E-state index in [9.17, 15) is 29.4 Å². The lowest BCUT2D eigenvalue weighted by molar-refractivity contribution is 0.0695. The van der Waals surface area contributed by atoms with Crippen molar-refractivity contribution in [3.05, 3.63) is 70.3 Å². The highest BCUT2D eigenvalue weighted by Crippen LogP contribution is 2.47. The molecule has 5 rings (SSSR count). The van der Waals surface area contributed by atoms with Gasteiger partial charge in [0.2, 0.25) is 11.8 Å². The molecule has 0 aliphatic carbocycles. The summed E-state index contributed by atoms with van der Waals surface area (Å²) in [5.74, 6) is -3.80. The van der Waals surface area contributed by atoms with Crippen LogP contribution in [0.5, 0.6) is 0 Å². The molecule has 0 unspecified atom stereocenters. The molecule has 8 nitrogen and oxygen atoms in total. The Kier molecular flexibility index (Phi) is 7.26. The third-order valence-corrected chi connectivity index (χ3v) is 8.28. The quantitative estimate of drug-likeness (QED) is 0.104. The van der Waals surface area contributed by atoms with E-state index in [0.717, 1.165) is 49.5 Å². The van der Waals surface area contributed by atoms with Crippen LogP contribution in [0.4, 0.5) is 0 Å². The van der Waals surface area contributed by atoms with Gasteiger partial charge < -0.3 is 21.7 Å². The van der Waals surface area contributed by atoms with Crippen LogP contribution in [0.25, 0.3) is 43.1 Å². The normalized spacial score (nSPS) is 11.8. The van der Waals surface area contributed by atoms with Gasteiger partial charge in [0.25, 0.3) is 0 Å². The maximum atomic E-state index is 12.9. The summed E-state index contributed by atoms with van der Waals surface area (Å²) < 4.78 is 0. The van der Waals surface area contributed by atoms with Gasteiger partial charge in [-0.2, -0.15) is 0 Å². The average molecular weight is 553 g/mol. The second-order valence-corrected chi connectivity index (χ2v) is 10.7. The predicted octanol–water partition coefficient (Wildman–Crippen LogP) is 6.80. The molecule has 0 bridgehead atoms. The lowest BCUT2D eigenvalue weighted by Gasteiger charge is -2.25. The van der Waals surface area contributed by atoms with Gasteiger partial charge in [0.1, 0.15) is 0 Å². The topological polar surface area (TPSA) is 161 Å². The Bertz CT molecular complexity index is 1860. The number of carbonyl (C=O) groups excluding carboxylic acids is 2. The van der Waals surface area contributed by atoms with Crippen molar-refractivity contribution < 1.29 is 29.4 Å². The molecule has 210 valence electrons. The van der Waals surface area contributed by atoms with Crippen molar-refractivity contribution in [3.63, 3.8) is 0 Å². The molecule has 0 radical (unpaired) electrons. The molecule has 5 aromatic rings. The SMILES string of the molecule is CCCCC(CCCC)c1cc(C(N)=O)c2c(C(N)=O)ccc3c4ccc(C(=O)O)c5c(C(=O)O)ccc(c1c23)c54. The molecule has 0 aliphatic rings. The van der Waals surface area contributed by atoms with Crippen LogP contribution in [0.1, 0.15) is 105 Å². The number of amides is 2. The van der Waals surface area contributed by atoms with Crippen LogP contribution in [0.2, 0.25) is 0 Å². The van der Waals surface area contributed by atoms with Crippen molar-refractivity contribution in [2.75, 3.05) is 0 Å². The molecule has 0 aliphatic heterocycles. The first kappa shape index (κ1) is 27.8. The van der Waals surface area contributed by atoms with Crippen LogP contribution in [-0.2, 0) is 0 Å². The average Bonchev–Trinajstić information content (AvgIpc) is 2.94. The fourth-order valence-electron chi connectivity index (χ4n) is 6.46. The number of carbonyl (C=O) groups is 4. The van der Waals surface area contributed by atoms with Crippen LogP contribution in [-0.4, -0.2) is 34.0 Å². The van der Waals surface area contributed by atoms with Gasteiger partial charge in [0, 0.05) is 21.9 Å². The summed E-state index contributed by atoms with van der Waals surface area (Å²) in [5.41, 5.74) is 12.8. The first-order chi connectivity index (χ1) is 19.6. The van der Waals surface area contributed by atoms with E-state index in [-0.39, 0.29) is 33.6 Å². The number of rotatable bonds is 11. The first-order valence-corrected chi connectivity index (χ1v) is 13.9. The number of benzene rings is 5. The Morgan fingerprint density at radius 1 is 0.610 bits per heavy atom. The van der Waals surface area contributed by atoms with Gasteiger partial charge in [-0.25, -0.2) is 9.59 Å². The maximum absolute atomic E-state index is 12.9. The number of carboxylic acid groups (broad SMARTS) is 2. The highest BCUT2D eigenvalue weighted by atomic mass is 16.4. The van der Waals surface area contributed by atoms with Gasteiger partial charge in [-0.05, 0) is 80.9 Å². The van der Waals surface area contributed by atoms with Gasteiger partial charge in [-0.15, -0.1) is 0 Å². The zero-order valence-corrected chi connectivity index (χ0v) is 23.0. The van der Waals surface area contributed by atoms with Crippen LogP contribution in [0, 0.1) is 0 Å². The molecule has 5 aromatic carbocycles. The monoisotopic (exact) mass is 552 g/mol. The number of carboxylic acids is 2. The van der Waals surface area contributed by atoms with Crippen molar-refractivity contribution in [2.24, 2.45) is 11.5 Å². The molecule has 0 saturated carbocycles. The molecular weight excluding hydrogens is 520 g/mol. The Balaban J connectivity index is 2.13. The van der Waals surface area contributed by atoms with E-state index in [1.165, 1.54) is 12.1 Å². The number of unbranched alkanes of at least 4 members (excludes halogenated alkanes) is 2. The summed E-state index contributed by atoms with van der Waals surface area (Å²) in [6, 6.07) is 11.3. The molecule has 41 heavy (non-hydrogen) atoms. The Morgan fingerprint density at radius 3 is 1.56 bits per heavy atom. The van der Waals surface area contributed by atoms with Crippen molar-refractivity contribution in [3.8, 4) is 0 Å².